The van der Waals surface area contributed by atoms with Gasteiger partial charge >= 0.3 is 0 Å². The van der Waals surface area contributed by atoms with Crippen LogP contribution in [0.15, 0.2) is 42.6 Å². The number of nitrogens with one attached hydrogen (secondary N) is 2. The van der Waals surface area contributed by atoms with Crippen LogP contribution in [0.4, 0.5) is 10.1 Å². The Morgan fingerprint density at radius 1 is 1.05 bits per heavy atom. The second-order valence-electron chi connectivity index (χ2n) is 3.97. The highest BCUT2D eigenvalue weighted by Crippen LogP contribution is 2.10. The third-order valence-corrected chi connectivity index (χ3v) is 2.59. The second kappa shape index (κ2) is 5.92. The number of carbonyl (C=O) groups excluding carboxylic acids is 2. The van der Waals surface area contributed by atoms with Gasteiger partial charge in [-0.2, -0.15) is 0 Å². The van der Waals surface area contributed by atoms with Crippen molar-refractivity contribution in [3.8, 4) is 0 Å². The molecule has 1 aromatic carbocycles. The summed E-state index contributed by atoms with van der Waals surface area (Å²) in [5, 5.41) is 5.04. The Labute approximate surface area is 114 Å². The lowest BCUT2D eigenvalue weighted by Gasteiger charge is -2.05. The average molecular weight is 273 g/mol. The number of carbonyl (C=O) groups is 2. The topological polar surface area (TPSA) is 71.1 Å². The molecule has 5 nitrogen and oxygen atoms in total. The molecule has 0 fully saturated rings. The summed E-state index contributed by atoms with van der Waals surface area (Å²) in [6.45, 7) is 0. The standard InChI is InChI=1S/C14H12FN3O2/c1-16-14(20)12-7-2-9(8-17-12)13(19)18-11-5-3-10(15)4-6-11/h2-8H,1H3,(H,16,20)(H,18,19). The Hall–Kier alpha value is -2.76. The number of aromatic nitrogens is 1. The minimum atomic E-state index is -0.382. The van der Waals surface area contributed by atoms with Crippen molar-refractivity contribution in [2.24, 2.45) is 0 Å². The van der Waals surface area contributed by atoms with Gasteiger partial charge in [-0.25, -0.2) is 4.39 Å². The van der Waals surface area contributed by atoms with Gasteiger partial charge in [-0.05, 0) is 36.4 Å². The van der Waals surface area contributed by atoms with Crippen molar-refractivity contribution in [3.05, 3.63) is 59.7 Å². The van der Waals surface area contributed by atoms with E-state index >= 15 is 0 Å². The van der Waals surface area contributed by atoms with Crippen LogP contribution in [0.25, 0.3) is 0 Å². The van der Waals surface area contributed by atoms with Crippen molar-refractivity contribution in [2.45, 2.75) is 0 Å². The van der Waals surface area contributed by atoms with E-state index in [1.165, 1.54) is 49.6 Å². The van der Waals surface area contributed by atoms with Crippen LogP contribution < -0.4 is 10.6 Å². The quantitative estimate of drug-likeness (QED) is 0.896. The van der Waals surface area contributed by atoms with Crippen molar-refractivity contribution in [1.29, 1.82) is 0 Å². The number of amides is 2. The predicted octanol–water partition coefficient (Wildman–Crippen LogP) is 1.83. The van der Waals surface area contributed by atoms with Gasteiger partial charge in [-0.1, -0.05) is 0 Å². The number of pyridine rings is 1. The van der Waals surface area contributed by atoms with Crippen LogP contribution in [0.1, 0.15) is 20.8 Å². The highest BCUT2D eigenvalue weighted by Gasteiger charge is 2.09. The van der Waals surface area contributed by atoms with Gasteiger partial charge in [-0.15, -0.1) is 0 Å². The molecule has 0 unspecified atom stereocenters. The number of rotatable bonds is 3. The molecule has 0 aliphatic rings. The molecule has 0 radical (unpaired) electrons. The van der Waals surface area contributed by atoms with E-state index in [-0.39, 0.29) is 23.3 Å². The van der Waals surface area contributed by atoms with Gasteiger partial charge in [0.25, 0.3) is 11.8 Å². The molecule has 0 spiro atoms. The largest absolute Gasteiger partial charge is 0.354 e. The highest BCUT2D eigenvalue weighted by atomic mass is 19.1. The molecule has 1 aromatic heterocycles. The van der Waals surface area contributed by atoms with Crippen molar-refractivity contribution in [1.82, 2.24) is 10.3 Å². The molecular weight excluding hydrogens is 261 g/mol. The van der Waals surface area contributed by atoms with Crippen LogP contribution in [0.5, 0.6) is 0 Å². The fourth-order valence-corrected chi connectivity index (χ4v) is 1.53. The number of benzene rings is 1. The molecule has 2 amide bonds. The molecule has 6 heteroatoms. The maximum absolute atomic E-state index is 12.7. The lowest BCUT2D eigenvalue weighted by Crippen LogP contribution is -2.20. The zero-order valence-electron chi connectivity index (χ0n) is 10.7. The smallest absolute Gasteiger partial charge is 0.269 e. The maximum Gasteiger partial charge on any atom is 0.269 e. The Kier molecular flexibility index (Phi) is 4.05. The lowest BCUT2D eigenvalue weighted by molar-refractivity contribution is 0.0955. The van der Waals surface area contributed by atoms with E-state index in [4.69, 9.17) is 0 Å². The van der Waals surface area contributed by atoms with E-state index in [1.807, 2.05) is 0 Å². The van der Waals surface area contributed by atoms with Gasteiger partial charge in [0.1, 0.15) is 11.5 Å². The fraction of sp³-hybridized carbons (Fsp3) is 0.0714. The molecule has 0 aliphatic carbocycles. The number of nitrogens with zero attached hydrogens (tertiary/aromatic N) is 1. The minimum absolute atomic E-state index is 0.228. The van der Waals surface area contributed by atoms with Gasteiger partial charge in [0.05, 0.1) is 5.56 Å². The molecule has 2 rings (SSSR count). The summed E-state index contributed by atoms with van der Waals surface area (Å²) in [5.41, 5.74) is 1.01. The summed E-state index contributed by atoms with van der Waals surface area (Å²) in [6, 6.07) is 8.37. The molecule has 0 saturated carbocycles. The van der Waals surface area contributed by atoms with E-state index in [2.05, 4.69) is 15.6 Å². The Bertz CT molecular complexity index is 624. The minimum Gasteiger partial charge on any atom is -0.354 e. The molecule has 20 heavy (non-hydrogen) atoms. The molecule has 1 heterocycles. The number of halogens is 1. The van der Waals surface area contributed by atoms with Gasteiger partial charge in [0.2, 0.25) is 0 Å². The highest BCUT2D eigenvalue weighted by molar-refractivity contribution is 6.04. The van der Waals surface area contributed by atoms with Gasteiger partial charge in [-0.3, -0.25) is 14.6 Å². The van der Waals surface area contributed by atoms with Gasteiger partial charge in [0.15, 0.2) is 0 Å². The number of anilines is 1. The molecule has 102 valence electrons. The van der Waals surface area contributed by atoms with Crippen molar-refractivity contribution < 1.29 is 14.0 Å². The molecule has 0 bridgehead atoms. The first-order valence-corrected chi connectivity index (χ1v) is 5.85. The van der Waals surface area contributed by atoms with E-state index in [0.29, 0.717) is 11.3 Å². The molecule has 0 aliphatic heterocycles. The Balaban J connectivity index is 2.09. The van der Waals surface area contributed by atoms with Crippen LogP contribution in [-0.4, -0.2) is 23.8 Å². The van der Waals surface area contributed by atoms with E-state index in [0.717, 1.165) is 0 Å². The first-order valence-electron chi connectivity index (χ1n) is 5.85. The van der Waals surface area contributed by atoms with Crippen LogP contribution in [0.3, 0.4) is 0 Å². The first-order chi connectivity index (χ1) is 9.60. The summed E-state index contributed by atoms with van der Waals surface area (Å²) in [6.07, 6.45) is 1.31. The summed E-state index contributed by atoms with van der Waals surface area (Å²) < 4.78 is 12.7. The van der Waals surface area contributed by atoms with E-state index in [9.17, 15) is 14.0 Å². The Morgan fingerprint density at radius 3 is 2.30 bits per heavy atom. The van der Waals surface area contributed by atoms with Gasteiger partial charge < -0.3 is 10.6 Å². The molecular formula is C14H12FN3O2. The predicted molar refractivity (Wildman–Crippen MR) is 72.0 cm³/mol. The molecule has 0 atom stereocenters. The Morgan fingerprint density at radius 2 is 1.75 bits per heavy atom. The molecule has 2 aromatic rings. The summed E-state index contributed by atoms with van der Waals surface area (Å²) >= 11 is 0. The van der Waals surface area contributed by atoms with Gasteiger partial charge in [0, 0.05) is 18.9 Å². The van der Waals surface area contributed by atoms with Crippen LogP contribution in [0.2, 0.25) is 0 Å². The number of hydrogen-bond donors (Lipinski definition) is 2. The zero-order valence-corrected chi connectivity index (χ0v) is 10.7. The third-order valence-electron chi connectivity index (χ3n) is 2.59. The van der Waals surface area contributed by atoms with Crippen LogP contribution in [0, 0.1) is 5.82 Å². The summed E-state index contributed by atoms with van der Waals surface area (Å²) in [7, 11) is 1.50. The third kappa shape index (κ3) is 3.17. The normalized spacial score (nSPS) is 9.90. The van der Waals surface area contributed by atoms with E-state index < -0.39 is 0 Å². The number of hydrogen-bond acceptors (Lipinski definition) is 3. The fourth-order valence-electron chi connectivity index (χ4n) is 1.53. The van der Waals surface area contributed by atoms with Crippen molar-refractivity contribution in [2.75, 3.05) is 12.4 Å². The second-order valence-corrected chi connectivity index (χ2v) is 3.97. The van der Waals surface area contributed by atoms with Crippen molar-refractivity contribution in [3.63, 3.8) is 0 Å². The average Bonchev–Trinajstić information content (AvgIpc) is 2.49. The molecule has 2 N–H and O–H groups in total. The monoisotopic (exact) mass is 273 g/mol. The van der Waals surface area contributed by atoms with Crippen LogP contribution in [-0.2, 0) is 0 Å². The first kappa shape index (κ1) is 13.7. The summed E-state index contributed by atoms with van der Waals surface area (Å²) in [4.78, 5) is 27.1. The summed E-state index contributed by atoms with van der Waals surface area (Å²) in [5.74, 6) is -1.08. The van der Waals surface area contributed by atoms with E-state index in [1.54, 1.807) is 0 Å². The zero-order chi connectivity index (χ0) is 14.5. The lowest BCUT2D eigenvalue weighted by atomic mass is 10.2. The maximum atomic E-state index is 12.7. The molecule has 0 saturated heterocycles. The SMILES string of the molecule is CNC(=O)c1ccc(C(=O)Nc2ccc(F)cc2)cn1. The van der Waals surface area contributed by atoms with Crippen LogP contribution >= 0.6 is 0 Å². The van der Waals surface area contributed by atoms with Crippen molar-refractivity contribution >= 4 is 17.5 Å².